The third-order valence-corrected chi connectivity index (χ3v) is 5.01. The number of amides is 1. The maximum Gasteiger partial charge on any atom is 0.223 e. The highest BCUT2D eigenvalue weighted by atomic mass is 35.5. The van der Waals surface area contributed by atoms with Crippen LogP contribution in [0.25, 0.3) is 0 Å². The van der Waals surface area contributed by atoms with Crippen LogP contribution in [0, 0.1) is 0 Å². The van der Waals surface area contributed by atoms with Crippen molar-refractivity contribution >= 4 is 23.3 Å². The lowest BCUT2D eigenvalue weighted by Crippen LogP contribution is -2.26. The Labute approximate surface area is 185 Å². The van der Waals surface area contributed by atoms with Gasteiger partial charge in [-0.25, -0.2) is 0 Å². The van der Waals surface area contributed by atoms with Crippen molar-refractivity contribution in [3.8, 4) is 5.75 Å². The molecule has 0 saturated heterocycles. The third-order valence-electron chi connectivity index (χ3n) is 4.75. The van der Waals surface area contributed by atoms with Crippen LogP contribution in [-0.2, 0) is 25.0 Å². The molecule has 1 N–H and O–H groups in total. The van der Waals surface area contributed by atoms with Crippen LogP contribution in [-0.4, -0.2) is 16.3 Å². The summed E-state index contributed by atoms with van der Waals surface area (Å²) in [5.41, 5.74) is 1.87. The van der Waals surface area contributed by atoms with Crippen molar-refractivity contribution < 1.29 is 14.3 Å². The molecule has 1 aromatic heterocycles. The molecular formula is C24H23ClN2O4. The van der Waals surface area contributed by atoms with Gasteiger partial charge in [0.15, 0.2) is 11.5 Å². The average Bonchev–Trinajstić information content (AvgIpc) is 2.78. The quantitative estimate of drug-likeness (QED) is 0.514. The zero-order valence-electron chi connectivity index (χ0n) is 17.1. The Balaban J connectivity index is 1.50. The van der Waals surface area contributed by atoms with E-state index in [0.29, 0.717) is 22.9 Å². The molecule has 0 spiro atoms. The fraction of sp³-hybridized carbons (Fsp3) is 0.208. The molecule has 0 atom stereocenters. The molecule has 2 aromatic carbocycles. The van der Waals surface area contributed by atoms with Crippen LogP contribution in [0.2, 0.25) is 5.02 Å². The van der Waals surface area contributed by atoms with Crippen molar-refractivity contribution in [3.05, 3.63) is 98.9 Å². The van der Waals surface area contributed by atoms with Gasteiger partial charge < -0.3 is 14.6 Å². The summed E-state index contributed by atoms with van der Waals surface area (Å²) >= 11 is 5.82. The first kappa shape index (κ1) is 22.3. The van der Waals surface area contributed by atoms with E-state index in [1.54, 1.807) is 42.1 Å². The van der Waals surface area contributed by atoms with E-state index in [-0.39, 0.29) is 42.3 Å². The molecule has 0 bridgehead atoms. The van der Waals surface area contributed by atoms with Crippen LogP contribution in [0.3, 0.4) is 0 Å². The van der Waals surface area contributed by atoms with E-state index in [2.05, 4.69) is 5.32 Å². The predicted octanol–water partition coefficient (Wildman–Crippen LogP) is 3.90. The number of carbonyl (C=O) groups is 2. The molecule has 1 heterocycles. The van der Waals surface area contributed by atoms with Crippen LogP contribution < -0.4 is 15.5 Å². The van der Waals surface area contributed by atoms with Gasteiger partial charge in [0.25, 0.3) is 0 Å². The number of Topliss-reactive ketones (excluding diaryl/α,β-unsaturated/α-hetero) is 1. The first-order chi connectivity index (χ1) is 14.9. The van der Waals surface area contributed by atoms with Gasteiger partial charge in [0.2, 0.25) is 11.3 Å². The minimum Gasteiger partial charge on any atom is -0.483 e. The molecule has 0 fully saturated rings. The van der Waals surface area contributed by atoms with E-state index in [1.165, 1.54) is 6.07 Å². The van der Waals surface area contributed by atoms with E-state index in [1.807, 2.05) is 30.3 Å². The number of aromatic nitrogens is 1. The molecule has 0 unspecified atom stereocenters. The fourth-order valence-electron chi connectivity index (χ4n) is 2.95. The standard InChI is InChI=1S/C24H23ClN2O4/c1-27-15-23(31-16-17-5-3-2-4-6-17)22(29)13-20(27)14-26-24(30)12-11-21(28)18-7-9-19(25)10-8-18/h2-10,13,15H,11-12,14,16H2,1H3,(H,26,30). The molecule has 6 nitrogen and oxygen atoms in total. The summed E-state index contributed by atoms with van der Waals surface area (Å²) in [5, 5.41) is 3.30. The molecule has 0 aliphatic carbocycles. The lowest BCUT2D eigenvalue weighted by atomic mass is 10.1. The number of ether oxygens (including phenoxy) is 1. The Morgan fingerprint density at radius 3 is 2.45 bits per heavy atom. The summed E-state index contributed by atoms with van der Waals surface area (Å²) in [5.74, 6) is -0.145. The summed E-state index contributed by atoms with van der Waals surface area (Å²) in [7, 11) is 1.78. The van der Waals surface area contributed by atoms with E-state index in [4.69, 9.17) is 16.3 Å². The van der Waals surface area contributed by atoms with Crippen molar-refractivity contribution in [2.45, 2.75) is 26.0 Å². The number of hydrogen-bond acceptors (Lipinski definition) is 4. The smallest absolute Gasteiger partial charge is 0.223 e. The first-order valence-electron chi connectivity index (χ1n) is 9.84. The van der Waals surface area contributed by atoms with Gasteiger partial charge in [-0.2, -0.15) is 0 Å². The van der Waals surface area contributed by atoms with Gasteiger partial charge in [-0.3, -0.25) is 14.4 Å². The monoisotopic (exact) mass is 438 g/mol. The summed E-state index contributed by atoms with van der Waals surface area (Å²) in [6, 6.07) is 17.6. The molecule has 0 aliphatic heterocycles. The number of carbonyl (C=O) groups excluding carboxylic acids is 2. The topological polar surface area (TPSA) is 77.4 Å². The molecule has 1 amide bonds. The van der Waals surface area contributed by atoms with Gasteiger partial charge >= 0.3 is 0 Å². The maximum atomic E-state index is 12.3. The molecular weight excluding hydrogens is 416 g/mol. The number of halogens is 1. The molecule has 0 radical (unpaired) electrons. The Hall–Kier alpha value is -3.38. The second-order valence-corrected chi connectivity index (χ2v) is 7.52. The second kappa shape index (κ2) is 10.6. The van der Waals surface area contributed by atoms with Gasteiger partial charge in [-0.15, -0.1) is 0 Å². The number of nitrogens with zero attached hydrogens (tertiary/aromatic N) is 1. The normalized spacial score (nSPS) is 10.5. The van der Waals surface area contributed by atoms with Gasteiger partial charge in [0.1, 0.15) is 6.61 Å². The molecule has 3 rings (SSSR count). The van der Waals surface area contributed by atoms with Crippen LogP contribution in [0.15, 0.2) is 71.7 Å². The second-order valence-electron chi connectivity index (χ2n) is 7.09. The number of hydrogen-bond donors (Lipinski definition) is 1. The molecule has 0 aliphatic rings. The lowest BCUT2D eigenvalue weighted by molar-refractivity contribution is -0.121. The molecule has 7 heteroatoms. The van der Waals surface area contributed by atoms with E-state index < -0.39 is 0 Å². The molecule has 31 heavy (non-hydrogen) atoms. The fourth-order valence-corrected chi connectivity index (χ4v) is 3.08. The lowest BCUT2D eigenvalue weighted by Gasteiger charge is -2.12. The predicted molar refractivity (Wildman–Crippen MR) is 119 cm³/mol. The highest BCUT2D eigenvalue weighted by molar-refractivity contribution is 6.30. The van der Waals surface area contributed by atoms with E-state index >= 15 is 0 Å². The Morgan fingerprint density at radius 2 is 1.74 bits per heavy atom. The van der Waals surface area contributed by atoms with Crippen LogP contribution in [0.4, 0.5) is 0 Å². The molecule has 0 saturated carbocycles. The zero-order chi connectivity index (χ0) is 22.2. The number of nitrogens with one attached hydrogen (secondary N) is 1. The first-order valence-corrected chi connectivity index (χ1v) is 10.2. The summed E-state index contributed by atoms with van der Waals surface area (Å²) in [4.78, 5) is 36.6. The average molecular weight is 439 g/mol. The number of aryl methyl sites for hydroxylation is 1. The van der Waals surface area contributed by atoms with Crippen molar-refractivity contribution in [2.75, 3.05) is 0 Å². The minimum absolute atomic E-state index is 0.0632. The van der Waals surface area contributed by atoms with Crippen molar-refractivity contribution in [3.63, 3.8) is 0 Å². The molecule has 3 aromatic rings. The number of rotatable bonds is 9. The Kier molecular flexibility index (Phi) is 7.62. The van der Waals surface area contributed by atoms with Crippen molar-refractivity contribution in [1.29, 1.82) is 0 Å². The van der Waals surface area contributed by atoms with Crippen LogP contribution in [0.1, 0.15) is 34.5 Å². The van der Waals surface area contributed by atoms with Gasteiger partial charge in [0, 0.05) is 42.2 Å². The zero-order valence-corrected chi connectivity index (χ0v) is 17.9. The SMILES string of the molecule is Cn1cc(OCc2ccccc2)c(=O)cc1CNC(=O)CCC(=O)c1ccc(Cl)cc1. The van der Waals surface area contributed by atoms with E-state index in [0.717, 1.165) is 5.56 Å². The number of pyridine rings is 1. The van der Waals surface area contributed by atoms with Crippen LogP contribution >= 0.6 is 11.6 Å². The van der Waals surface area contributed by atoms with Crippen LogP contribution in [0.5, 0.6) is 5.75 Å². The summed E-state index contributed by atoms with van der Waals surface area (Å²) in [6.07, 6.45) is 1.77. The summed E-state index contributed by atoms with van der Waals surface area (Å²) < 4.78 is 7.37. The minimum atomic E-state index is -0.265. The Morgan fingerprint density at radius 1 is 1.03 bits per heavy atom. The van der Waals surface area contributed by atoms with Gasteiger partial charge in [-0.1, -0.05) is 41.9 Å². The Bertz CT molecular complexity index is 1110. The highest BCUT2D eigenvalue weighted by Gasteiger charge is 2.11. The summed E-state index contributed by atoms with van der Waals surface area (Å²) in [6.45, 7) is 0.479. The van der Waals surface area contributed by atoms with E-state index in [9.17, 15) is 14.4 Å². The van der Waals surface area contributed by atoms with Crippen molar-refractivity contribution in [2.24, 2.45) is 7.05 Å². The number of benzene rings is 2. The maximum absolute atomic E-state index is 12.3. The van der Waals surface area contributed by atoms with Gasteiger partial charge in [-0.05, 0) is 29.8 Å². The number of ketones is 1. The largest absolute Gasteiger partial charge is 0.483 e. The van der Waals surface area contributed by atoms with Crippen molar-refractivity contribution in [1.82, 2.24) is 9.88 Å². The molecule has 160 valence electrons. The third kappa shape index (κ3) is 6.55. The highest BCUT2D eigenvalue weighted by Crippen LogP contribution is 2.12. The van der Waals surface area contributed by atoms with Gasteiger partial charge in [0.05, 0.1) is 12.7 Å².